The maximum absolute atomic E-state index is 12.7. The van der Waals surface area contributed by atoms with E-state index in [2.05, 4.69) is 22.0 Å². The van der Waals surface area contributed by atoms with Crippen molar-refractivity contribution in [3.63, 3.8) is 0 Å². The molecule has 3 atom stereocenters. The highest BCUT2D eigenvalue weighted by atomic mass is 16.2. The van der Waals surface area contributed by atoms with E-state index in [1.165, 1.54) is 25.8 Å². The lowest BCUT2D eigenvalue weighted by atomic mass is 9.93. The van der Waals surface area contributed by atoms with Gasteiger partial charge in [-0.1, -0.05) is 6.42 Å². The molecule has 0 aliphatic carbocycles. The van der Waals surface area contributed by atoms with Gasteiger partial charge in [-0.3, -0.25) is 9.69 Å². The summed E-state index contributed by atoms with van der Waals surface area (Å²) < 4.78 is 0. The molecular weight excluding hydrogens is 238 g/mol. The van der Waals surface area contributed by atoms with Crippen molar-refractivity contribution >= 4 is 5.91 Å². The van der Waals surface area contributed by atoms with E-state index in [4.69, 9.17) is 0 Å². The second-order valence-corrected chi connectivity index (χ2v) is 6.53. The number of hydrogen-bond acceptors (Lipinski definition) is 3. The van der Waals surface area contributed by atoms with E-state index in [-0.39, 0.29) is 5.92 Å². The molecule has 4 nitrogen and oxygen atoms in total. The summed E-state index contributed by atoms with van der Waals surface area (Å²) >= 11 is 0. The molecule has 3 aliphatic rings. The Bertz CT molecular complexity index is 327. The van der Waals surface area contributed by atoms with Crippen LogP contribution < -0.4 is 5.32 Å². The average Bonchev–Trinajstić information content (AvgIpc) is 2.47. The van der Waals surface area contributed by atoms with Crippen molar-refractivity contribution in [2.24, 2.45) is 5.92 Å². The second-order valence-electron chi connectivity index (χ2n) is 6.53. The lowest BCUT2D eigenvalue weighted by Crippen LogP contribution is -2.61. The number of piperazine rings is 1. The number of hydrogen-bond donors (Lipinski definition) is 1. The van der Waals surface area contributed by atoms with Crippen LogP contribution in [0.5, 0.6) is 0 Å². The zero-order valence-electron chi connectivity index (χ0n) is 12.1. The summed E-state index contributed by atoms with van der Waals surface area (Å²) in [6.45, 7) is 7.47. The Hall–Kier alpha value is -0.610. The predicted octanol–water partition coefficient (Wildman–Crippen LogP) is 1.07. The van der Waals surface area contributed by atoms with Crippen molar-refractivity contribution in [1.82, 2.24) is 15.1 Å². The third-order valence-electron chi connectivity index (χ3n) is 5.12. The minimum atomic E-state index is 0.228. The number of nitrogens with one attached hydrogen (secondary N) is 1. The Morgan fingerprint density at radius 1 is 1.16 bits per heavy atom. The third-order valence-corrected chi connectivity index (χ3v) is 5.12. The monoisotopic (exact) mass is 265 g/mol. The third kappa shape index (κ3) is 2.79. The molecule has 3 saturated heterocycles. The van der Waals surface area contributed by atoms with Gasteiger partial charge in [0.05, 0.1) is 5.92 Å². The quantitative estimate of drug-likeness (QED) is 0.770. The van der Waals surface area contributed by atoms with Gasteiger partial charge < -0.3 is 10.2 Å². The van der Waals surface area contributed by atoms with Crippen LogP contribution in [0.25, 0.3) is 0 Å². The van der Waals surface area contributed by atoms with E-state index in [1.54, 1.807) is 0 Å². The molecule has 1 N–H and O–H groups in total. The van der Waals surface area contributed by atoms with Crippen molar-refractivity contribution < 1.29 is 4.79 Å². The molecule has 1 amide bonds. The largest absolute Gasteiger partial charge is 0.337 e. The SMILES string of the molecule is CC1CN2CCCCC2CN1C(=O)C1CCCNC1. The highest BCUT2D eigenvalue weighted by molar-refractivity contribution is 5.79. The first kappa shape index (κ1) is 13.4. The Kier molecular flexibility index (Phi) is 4.08. The van der Waals surface area contributed by atoms with Crippen LogP contribution in [0.3, 0.4) is 0 Å². The minimum Gasteiger partial charge on any atom is -0.337 e. The van der Waals surface area contributed by atoms with Gasteiger partial charge in [0.2, 0.25) is 5.91 Å². The van der Waals surface area contributed by atoms with Crippen molar-refractivity contribution in [3.05, 3.63) is 0 Å². The molecule has 0 aromatic heterocycles. The van der Waals surface area contributed by atoms with Crippen molar-refractivity contribution in [1.29, 1.82) is 0 Å². The minimum absolute atomic E-state index is 0.228. The van der Waals surface area contributed by atoms with Gasteiger partial charge >= 0.3 is 0 Å². The number of nitrogens with zero attached hydrogens (tertiary/aromatic N) is 2. The van der Waals surface area contributed by atoms with Crippen LogP contribution in [0.4, 0.5) is 0 Å². The van der Waals surface area contributed by atoms with Gasteiger partial charge in [0, 0.05) is 31.7 Å². The van der Waals surface area contributed by atoms with E-state index < -0.39 is 0 Å². The van der Waals surface area contributed by atoms with E-state index in [0.29, 0.717) is 18.0 Å². The summed E-state index contributed by atoms with van der Waals surface area (Å²) in [5.74, 6) is 0.635. The second kappa shape index (κ2) is 5.80. The Balaban J connectivity index is 1.64. The average molecular weight is 265 g/mol. The first-order valence-electron chi connectivity index (χ1n) is 8.01. The molecule has 3 heterocycles. The van der Waals surface area contributed by atoms with E-state index in [1.807, 2.05) is 0 Å². The number of piperidine rings is 2. The highest BCUT2D eigenvalue weighted by Crippen LogP contribution is 2.26. The van der Waals surface area contributed by atoms with Crippen LogP contribution >= 0.6 is 0 Å². The van der Waals surface area contributed by atoms with Crippen molar-refractivity contribution in [3.8, 4) is 0 Å². The lowest BCUT2D eigenvalue weighted by Gasteiger charge is -2.48. The number of amides is 1. The fraction of sp³-hybridized carbons (Fsp3) is 0.933. The summed E-state index contributed by atoms with van der Waals surface area (Å²) in [6.07, 6.45) is 6.17. The Morgan fingerprint density at radius 3 is 2.84 bits per heavy atom. The molecule has 0 aromatic rings. The van der Waals surface area contributed by atoms with Crippen molar-refractivity contribution in [2.75, 3.05) is 32.7 Å². The molecule has 0 radical (unpaired) electrons. The van der Waals surface area contributed by atoms with Gasteiger partial charge in [-0.2, -0.15) is 0 Å². The van der Waals surface area contributed by atoms with Gasteiger partial charge in [0.15, 0.2) is 0 Å². The van der Waals surface area contributed by atoms with Crippen LogP contribution in [-0.4, -0.2) is 60.5 Å². The van der Waals surface area contributed by atoms with Gasteiger partial charge in [-0.25, -0.2) is 0 Å². The van der Waals surface area contributed by atoms with Crippen LogP contribution in [0.15, 0.2) is 0 Å². The fourth-order valence-electron chi connectivity index (χ4n) is 3.96. The number of carbonyl (C=O) groups excluding carboxylic acids is 1. The normalized spacial score (nSPS) is 36.9. The molecule has 3 rings (SSSR count). The number of rotatable bonds is 1. The number of carbonyl (C=O) groups is 1. The summed E-state index contributed by atoms with van der Waals surface area (Å²) in [5.41, 5.74) is 0. The molecular formula is C15H27N3O. The molecule has 3 fully saturated rings. The molecule has 0 spiro atoms. The predicted molar refractivity (Wildman–Crippen MR) is 76.0 cm³/mol. The maximum Gasteiger partial charge on any atom is 0.227 e. The first-order chi connectivity index (χ1) is 9.25. The maximum atomic E-state index is 12.7. The molecule has 0 bridgehead atoms. The molecule has 3 aliphatic heterocycles. The topological polar surface area (TPSA) is 35.6 Å². The molecule has 19 heavy (non-hydrogen) atoms. The summed E-state index contributed by atoms with van der Waals surface area (Å²) in [7, 11) is 0. The standard InChI is InChI=1S/C15H27N3O/c1-12-10-17-8-3-2-6-14(17)11-18(12)15(19)13-5-4-7-16-9-13/h12-14,16H,2-11H2,1H3. The zero-order chi connectivity index (χ0) is 13.2. The summed E-state index contributed by atoms with van der Waals surface area (Å²) in [5, 5.41) is 3.37. The van der Waals surface area contributed by atoms with Gasteiger partial charge in [-0.15, -0.1) is 0 Å². The van der Waals surface area contributed by atoms with Crippen LogP contribution in [0, 0.1) is 5.92 Å². The zero-order valence-corrected chi connectivity index (χ0v) is 12.1. The highest BCUT2D eigenvalue weighted by Gasteiger charge is 2.37. The van der Waals surface area contributed by atoms with E-state index in [9.17, 15) is 4.79 Å². The van der Waals surface area contributed by atoms with Gasteiger partial charge in [-0.05, 0) is 45.7 Å². The van der Waals surface area contributed by atoms with Gasteiger partial charge in [0.25, 0.3) is 0 Å². The molecule has 3 unspecified atom stereocenters. The van der Waals surface area contributed by atoms with Crippen molar-refractivity contribution in [2.45, 2.75) is 51.1 Å². The van der Waals surface area contributed by atoms with Crippen LogP contribution in [-0.2, 0) is 4.79 Å². The summed E-state index contributed by atoms with van der Waals surface area (Å²) in [6, 6.07) is 1.02. The van der Waals surface area contributed by atoms with E-state index in [0.717, 1.165) is 39.0 Å². The first-order valence-corrected chi connectivity index (χ1v) is 8.01. The fourth-order valence-corrected chi connectivity index (χ4v) is 3.96. The van der Waals surface area contributed by atoms with Crippen LogP contribution in [0.2, 0.25) is 0 Å². The van der Waals surface area contributed by atoms with Crippen LogP contribution in [0.1, 0.15) is 39.0 Å². The smallest absolute Gasteiger partial charge is 0.227 e. The number of fused-ring (bicyclic) bond motifs is 1. The lowest BCUT2D eigenvalue weighted by molar-refractivity contribution is -0.143. The Morgan fingerprint density at radius 2 is 2.05 bits per heavy atom. The van der Waals surface area contributed by atoms with Gasteiger partial charge in [0.1, 0.15) is 0 Å². The summed E-state index contributed by atoms with van der Waals surface area (Å²) in [4.78, 5) is 17.5. The Labute approximate surface area is 116 Å². The molecule has 108 valence electrons. The molecule has 4 heteroatoms. The molecule has 0 saturated carbocycles. The van der Waals surface area contributed by atoms with E-state index >= 15 is 0 Å². The molecule has 0 aromatic carbocycles.